The van der Waals surface area contributed by atoms with Crippen molar-refractivity contribution in [2.45, 2.75) is 12.8 Å². The zero-order chi connectivity index (χ0) is 13.9. The average Bonchev–Trinajstić information content (AvgIpc) is 2.85. The molecule has 2 heterocycles. The summed E-state index contributed by atoms with van der Waals surface area (Å²) in [5.41, 5.74) is 1.18. The first kappa shape index (κ1) is 13.7. The highest BCUT2D eigenvalue weighted by Gasteiger charge is 2.28. The van der Waals surface area contributed by atoms with E-state index >= 15 is 0 Å². The van der Waals surface area contributed by atoms with Crippen molar-refractivity contribution in [1.29, 1.82) is 0 Å². The maximum Gasteiger partial charge on any atom is 0.222 e. The number of amides is 1. The van der Waals surface area contributed by atoms with Gasteiger partial charge in [0, 0.05) is 24.8 Å². The van der Waals surface area contributed by atoms with Gasteiger partial charge in [0.25, 0.3) is 0 Å². The number of likely N-dealkylation sites (tertiary alicyclic amines) is 1. The molecule has 0 bridgehead atoms. The summed E-state index contributed by atoms with van der Waals surface area (Å²) in [5, 5.41) is 0.902. The molecule has 0 spiro atoms. The highest BCUT2D eigenvalue weighted by atomic mass is 79.9. The lowest BCUT2D eigenvalue weighted by atomic mass is 10.1. The Morgan fingerprint density at radius 3 is 2.80 bits per heavy atom. The largest absolute Gasteiger partial charge is 0.486 e. The number of nitrogens with zero attached hydrogens (tertiary/aromatic N) is 1. The van der Waals surface area contributed by atoms with Crippen LogP contribution in [0.5, 0.6) is 11.5 Å². The van der Waals surface area contributed by atoms with E-state index in [0.29, 0.717) is 25.6 Å². The zero-order valence-corrected chi connectivity index (χ0v) is 12.9. The van der Waals surface area contributed by atoms with Crippen molar-refractivity contribution in [2.24, 2.45) is 5.92 Å². The van der Waals surface area contributed by atoms with Crippen LogP contribution in [0.4, 0.5) is 0 Å². The molecule has 1 fully saturated rings. The minimum atomic E-state index is 0.270. The van der Waals surface area contributed by atoms with Gasteiger partial charge in [0.05, 0.1) is 0 Å². The molecule has 1 amide bonds. The Bertz CT molecular complexity index is 506. The Morgan fingerprint density at radius 1 is 1.25 bits per heavy atom. The Hall–Kier alpha value is -1.23. The van der Waals surface area contributed by atoms with Crippen LogP contribution >= 0.6 is 15.9 Å². The summed E-state index contributed by atoms with van der Waals surface area (Å²) < 4.78 is 11.1. The summed E-state index contributed by atoms with van der Waals surface area (Å²) in [6.45, 7) is 2.87. The molecule has 20 heavy (non-hydrogen) atoms. The van der Waals surface area contributed by atoms with E-state index in [-0.39, 0.29) is 5.91 Å². The van der Waals surface area contributed by atoms with Crippen LogP contribution in [0.25, 0.3) is 0 Å². The lowest BCUT2D eigenvalue weighted by Gasteiger charge is -2.20. The molecule has 108 valence electrons. The van der Waals surface area contributed by atoms with Crippen molar-refractivity contribution in [3.63, 3.8) is 0 Å². The number of halogens is 1. The third kappa shape index (κ3) is 2.92. The highest BCUT2D eigenvalue weighted by Crippen LogP contribution is 2.31. The minimum Gasteiger partial charge on any atom is -0.486 e. The summed E-state index contributed by atoms with van der Waals surface area (Å²) in [4.78, 5) is 13.8. The first-order valence-electron chi connectivity index (χ1n) is 6.98. The molecule has 1 aromatic carbocycles. The normalized spacial score (nSPS) is 21.4. The number of benzene rings is 1. The maximum atomic E-state index is 11.9. The minimum absolute atomic E-state index is 0.270. The van der Waals surface area contributed by atoms with E-state index in [1.165, 1.54) is 5.56 Å². The summed E-state index contributed by atoms with van der Waals surface area (Å²) in [7, 11) is 0. The predicted octanol–water partition coefficient (Wildman–Crippen LogP) is 2.24. The number of carbonyl (C=O) groups excluding carboxylic acids is 1. The SMILES string of the molecule is O=C1CC(CBr)CN1CCc1ccc2c(c1)OCCO2. The number of alkyl halides is 1. The molecule has 2 aliphatic rings. The van der Waals surface area contributed by atoms with Gasteiger partial charge < -0.3 is 14.4 Å². The molecule has 0 radical (unpaired) electrons. The predicted molar refractivity (Wildman–Crippen MR) is 79.6 cm³/mol. The first-order chi connectivity index (χ1) is 9.76. The standard InChI is InChI=1S/C15H18BrNO3/c16-9-12-8-15(18)17(10-12)4-3-11-1-2-13-14(7-11)20-6-5-19-13/h1-2,7,12H,3-6,8-10H2. The Morgan fingerprint density at radius 2 is 2.05 bits per heavy atom. The van der Waals surface area contributed by atoms with Gasteiger partial charge in [-0.2, -0.15) is 0 Å². The molecular weight excluding hydrogens is 322 g/mol. The van der Waals surface area contributed by atoms with E-state index in [1.54, 1.807) is 0 Å². The van der Waals surface area contributed by atoms with Crippen molar-refractivity contribution >= 4 is 21.8 Å². The van der Waals surface area contributed by atoms with Crippen LogP contribution in [0.2, 0.25) is 0 Å². The van der Waals surface area contributed by atoms with Gasteiger partial charge in [0.15, 0.2) is 11.5 Å². The number of hydrogen-bond donors (Lipinski definition) is 0. The average molecular weight is 340 g/mol. The second-order valence-electron chi connectivity index (χ2n) is 5.29. The monoisotopic (exact) mass is 339 g/mol. The quantitative estimate of drug-likeness (QED) is 0.789. The zero-order valence-electron chi connectivity index (χ0n) is 11.3. The van der Waals surface area contributed by atoms with Gasteiger partial charge in [-0.3, -0.25) is 4.79 Å². The number of hydrogen-bond acceptors (Lipinski definition) is 3. The van der Waals surface area contributed by atoms with Crippen LogP contribution in [-0.2, 0) is 11.2 Å². The molecule has 0 saturated carbocycles. The molecule has 0 N–H and O–H groups in total. The summed E-state index contributed by atoms with van der Waals surface area (Å²) >= 11 is 3.46. The second-order valence-corrected chi connectivity index (χ2v) is 5.94. The van der Waals surface area contributed by atoms with Crippen LogP contribution in [-0.4, -0.2) is 42.4 Å². The summed E-state index contributed by atoms with van der Waals surface area (Å²) in [6.07, 6.45) is 1.53. The fourth-order valence-corrected chi connectivity index (χ4v) is 3.11. The summed E-state index contributed by atoms with van der Waals surface area (Å²) in [6, 6.07) is 6.03. The van der Waals surface area contributed by atoms with E-state index in [4.69, 9.17) is 9.47 Å². The molecule has 5 heteroatoms. The lowest BCUT2D eigenvalue weighted by molar-refractivity contribution is -0.127. The smallest absolute Gasteiger partial charge is 0.222 e. The maximum absolute atomic E-state index is 11.9. The number of rotatable bonds is 4. The molecule has 1 saturated heterocycles. The van der Waals surface area contributed by atoms with Crippen LogP contribution in [0.1, 0.15) is 12.0 Å². The fraction of sp³-hybridized carbons (Fsp3) is 0.533. The van der Waals surface area contributed by atoms with Gasteiger partial charge in [-0.25, -0.2) is 0 Å². The van der Waals surface area contributed by atoms with Crippen molar-refractivity contribution in [3.8, 4) is 11.5 Å². The van der Waals surface area contributed by atoms with Crippen LogP contribution < -0.4 is 9.47 Å². The van der Waals surface area contributed by atoms with Crippen molar-refractivity contribution in [1.82, 2.24) is 4.90 Å². The number of fused-ring (bicyclic) bond motifs is 1. The van der Waals surface area contributed by atoms with Gasteiger partial charge in [0.1, 0.15) is 13.2 Å². The molecular formula is C15H18BrNO3. The molecule has 1 unspecified atom stereocenters. The van der Waals surface area contributed by atoms with E-state index in [9.17, 15) is 4.79 Å². The van der Waals surface area contributed by atoms with E-state index in [2.05, 4.69) is 22.0 Å². The van der Waals surface area contributed by atoms with Crippen LogP contribution in [0, 0.1) is 5.92 Å². The topological polar surface area (TPSA) is 38.8 Å². The van der Waals surface area contributed by atoms with Gasteiger partial charge in [-0.05, 0) is 30.0 Å². The lowest BCUT2D eigenvalue weighted by Crippen LogP contribution is -2.27. The molecule has 1 aromatic rings. The third-order valence-electron chi connectivity index (χ3n) is 3.79. The Kier molecular flexibility index (Phi) is 4.15. The highest BCUT2D eigenvalue weighted by molar-refractivity contribution is 9.09. The molecule has 0 aliphatic carbocycles. The van der Waals surface area contributed by atoms with Gasteiger partial charge in [0.2, 0.25) is 5.91 Å². The van der Waals surface area contributed by atoms with Gasteiger partial charge in [-0.1, -0.05) is 22.0 Å². The molecule has 0 aromatic heterocycles. The van der Waals surface area contributed by atoms with Crippen molar-refractivity contribution < 1.29 is 14.3 Å². The van der Waals surface area contributed by atoms with E-state index in [1.807, 2.05) is 17.0 Å². The fourth-order valence-electron chi connectivity index (χ4n) is 2.68. The number of ether oxygens (including phenoxy) is 2. The van der Waals surface area contributed by atoms with Gasteiger partial charge in [-0.15, -0.1) is 0 Å². The van der Waals surface area contributed by atoms with Crippen LogP contribution in [0.3, 0.4) is 0 Å². The third-order valence-corrected chi connectivity index (χ3v) is 4.71. The molecule has 1 atom stereocenters. The van der Waals surface area contributed by atoms with Crippen LogP contribution in [0.15, 0.2) is 18.2 Å². The molecule has 3 rings (SSSR count). The van der Waals surface area contributed by atoms with Gasteiger partial charge >= 0.3 is 0 Å². The van der Waals surface area contributed by atoms with E-state index < -0.39 is 0 Å². The first-order valence-corrected chi connectivity index (χ1v) is 8.10. The summed E-state index contributed by atoms with van der Waals surface area (Å²) in [5.74, 6) is 2.37. The molecule has 2 aliphatic heterocycles. The molecule has 4 nitrogen and oxygen atoms in total. The van der Waals surface area contributed by atoms with Crippen molar-refractivity contribution in [3.05, 3.63) is 23.8 Å². The Labute approximate surface area is 127 Å². The second kappa shape index (κ2) is 6.04. The van der Waals surface area contributed by atoms with E-state index in [0.717, 1.165) is 36.3 Å². The Balaban J connectivity index is 1.60. The van der Waals surface area contributed by atoms with Crippen molar-refractivity contribution in [2.75, 3.05) is 31.6 Å². The number of carbonyl (C=O) groups is 1.